The monoisotopic (exact) mass is 407 g/mol. The first-order valence-electron chi connectivity index (χ1n) is 9.48. The summed E-state index contributed by atoms with van der Waals surface area (Å²) in [4.78, 5) is 21.5. The molecule has 0 spiro atoms. The van der Waals surface area contributed by atoms with Crippen LogP contribution in [0.3, 0.4) is 0 Å². The van der Waals surface area contributed by atoms with Gasteiger partial charge in [-0.2, -0.15) is 18.2 Å². The molecule has 29 heavy (non-hydrogen) atoms. The van der Waals surface area contributed by atoms with E-state index in [0.29, 0.717) is 5.56 Å². The van der Waals surface area contributed by atoms with Crippen molar-refractivity contribution in [2.24, 2.45) is 0 Å². The van der Waals surface area contributed by atoms with Crippen molar-refractivity contribution in [1.29, 1.82) is 0 Å². The molecule has 156 valence electrons. The maximum Gasteiger partial charge on any atom is 0.433 e. The summed E-state index contributed by atoms with van der Waals surface area (Å²) in [5, 5.41) is 6.13. The van der Waals surface area contributed by atoms with E-state index >= 15 is 0 Å². The van der Waals surface area contributed by atoms with Crippen LogP contribution in [0.1, 0.15) is 41.7 Å². The molecular weight excluding hydrogens is 383 g/mol. The second kappa shape index (κ2) is 8.67. The third-order valence-corrected chi connectivity index (χ3v) is 4.86. The van der Waals surface area contributed by atoms with E-state index in [1.165, 1.54) is 4.90 Å². The highest BCUT2D eigenvalue weighted by Crippen LogP contribution is 2.31. The number of aromatic nitrogens is 2. The Morgan fingerprint density at radius 2 is 1.66 bits per heavy atom. The number of anilines is 2. The Labute approximate surface area is 167 Å². The number of benzene rings is 1. The minimum Gasteiger partial charge on any atom is -0.367 e. The number of nitrogens with zero attached hydrogens (tertiary/aromatic N) is 3. The number of nitrogens with one attached hydrogen (secondary N) is 2. The van der Waals surface area contributed by atoms with Gasteiger partial charge < -0.3 is 15.5 Å². The third kappa shape index (κ3) is 5.58. The summed E-state index contributed by atoms with van der Waals surface area (Å²) in [5.41, 5.74) is -0.355. The van der Waals surface area contributed by atoms with Crippen LogP contribution in [-0.4, -0.2) is 42.1 Å². The highest BCUT2D eigenvalue weighted by atomic mass is 19.4. The Morgan fingerprint density at radius 3 is 2.24 bits per heavy atom. The largest absolute Gasteiger partial charge is 0.433 e. The Balaban J connectivity index is 1.59. The summed E-state index contributed by atoms with van der Waals surface area (Å²) in [6.45, 7) is 0. The van der Waals surface area contributed by atoms with Gasteiger partial charge in [0, 0.05) is 37.8 Å². The molecule has 2 aromatic rings. The lowest BCUT2D eigenvalue weighted by molar-refractivity contribution is -0.141. The van der Waals surface area contributed by atoms with Crippen molar-refractivity contribution in [1.82, 2.24) is 15.3 Å². The second-order valence-electron chi connectivity index (χ2n) is 7.36. The van der Waals surface area contributed by atoms with Crippen LogP contribution in [0.4, 0.5) is 24.9 Å². The summed E-state index contributed by atoms with van der Waals surface area (Å²) in [5.74, 6) is 0.0576. The van der Waals surface area contributed by atoms with Gasteiger partial charge in [-0.3, -0.25) is 4.79 Å². The average Bonchev–Trinajstić information content (AvgIpc) is 2.69. The minimum absolute atomic E-state index is 0.00568. The normalized spacial score (nSPS) is 19.5. The molecule has 9 heteroatoms. The summed E-state index contributed by atoms with van der Waals surface area (Å²) >= 11 is 0. The Kier molecular flexibility index (Phi) is 6.24. The Morgan fingerprint density at radius 1 is 1.03 bits per heavy atom. The first kappa shape index (κ1) is 20.9. The lowest BCUT2D eigenvalue weighted by atomic mass is 9.91. The van der Waals surface area contributed by atoms with Crippen molar-refractivity contribution in [3.63, 3.8) is 0 Å². The molecule has 0 unspecified atom stereocenters. The molecule has 1 saturated carbocycles. The molecular formula is C20H24F3N5O. The molecule has 0 atom stereocenters. The topological polar surface area (TPSA) is 70.2 Å². The van der Waals surface area contributed by atoms with Crippen LogP contribution in [0.15, 0.2) is 36.4 Å². The van der Waals surface area contributed by atoms with Crippen LogP contribution < -0.4 is 15.5 Å². The van der Waals surface area contributed by atoms with Gasteiger partial charge in [-0.25, -0.2) is 4.98 Å². The predicted octanol–water partition coefficient (Wildman–Crippen LogP) is 3.71. The molecule has 1 amide bonds. The van der Waals surface area contributed by atoms with Gasteiger partial charge in [0.25, 0.3) is 5.91 Å². The first-order valence-corrected chi connectivity index (χ1v) is 9.48. The molecule has 2 N–H and O–H groups in total. The second-order valence-corrected chi connectivity index (χ2v) is 7.36. The average molecular weight is 407 g/mol. The molecule has 0 radical (unpaired) electrons. The SMILES string of the molecule is CN(C)c1nc(NC2CCC(NC(=O)c3ccccc3)CC2)cc(C(F)(F)F)n1. The molecule has 1 fully saturated rings. The lowest BCUT2D eigenvalue weighted by Crippen LogP contribution is -2.40. The van der Waals surface area contributed by atoms with Crippen LogP contribution in [0.5, 0.6) is 0 Å². The smallest absolute Gasteiger partial charge is 0.367 e. The molecule has 1 aromatic heterocycles. The quantitative estimate of drug-likeness (QED) is 0.791. The van der Waals surface area contributed by atoms with E-state index in [-0.39, 0.29) is 29.8 Å². The molecule has 0 bridgehead atoms. The molecule has 0 aliphatic heterocycles. The van der Waals surface area contributed by atoms with Crippen LogP contribution in [0, 0.1) is 0 Å². The number of carbonyl (C=O) groups excluding carboxylic acids is 1. The van der Waals surface area contributed by atoms with Gasteiger partial charge >= 0.3 is 6.18 Å². The standard InChI is InChI=1S/C20H24F3N5O/c1-28(2)19-26-16(20(21,22)23)12-17(27-19)24-14-8-10-15(11-9-14)25-18(29)13-6-4-3-5-7-13/h3-7,12,14-15H,8-11H2,1-2H3,(H,25,29)(H,24,26,27). The number of rotatable bonds is 5. The number of hydrogen-bond acceptors (Lipinski definition) is 5. The van der Waals surface area contributed by atoms with Crippen molar-refractivity contribution >= 4 is 17.7 Å². The number of carbonyl (C=O) groups is 1. The molecule has 6 nitrogen and oxygen atoms in total. The zero-order valence-corrected chi connectivity index (χ0v) is 16.3. The molecule has 1 heterocycles. The van der Waals surface area contributed by atoms with Crippen molar-refractivity contribution < 1.29 is 18.0 Å². The maximum absolute atomic E-state index is 13.1. The summed E-state index contributed by atoms with van der Waals surface area (Å²) < 4.78 is 39.4. The molecule has 1 aliphatic rings. The van der Waals surface area contributed by atoms with E-state index in [1.54, 1.807) is 26.2 Å². The summed E-state index contributed by atoms with van der Waals surface area (Å²) in [7, 11) is 3.19. The molecule has 1 aromatic carbocycles. The molecule has 1 aliphatic carbocycles. The van der Waals surface area contributed by atoms with Crippen LogP contribution in [0.2, 0.25) is 0 Å². The summed E-state index contributed by atoms with van der Waals surface area (Å²) in [6.07, 6.45) is -1.60. The van der Waals surface area contributed by atoms with Crippen LogP contribution in [-0.2, 0) is 6.18 Å². The highest BCUT2D eigenvalue weighted by molar-refractivity contribution is 5.94. The van der Waals surface area contributed by atoms with E-state index in [9.17, 15) is 18.0 Å². The van der Waals surface area contributed by atoms with E-state index in [1.807, 2.05) is 18.2 Å². The number of hydrogen-bond donors (Lipinski definition) is 2. The van der Waals surface area contributed by atoms with Gasteiger partial charge in [0.2, 0.25) is 5.95 Å². The van der Waals surface area contributed by atoms with Crippen molar-refractivity contribution in [2.75, 3.05) is 24.3 Å². The maximum atomic E-state index is 13.1. The van der Waals surface area contributed by atoms with Gasteiger partial charge in [-0.15, -0.1) is 0 Å². The number of amides is 1. The summed E-state index contributed by atoms with van der Waals surface area (Å²) in [6, 6.07) is 9.99. The zero-order chi connectivity index (χ0) is 21.0. The molecule has 0 saturated heterocycles. The fourth-order valence-corrected chi connectivity index (χ4v) is 3.30. The molecule has 3 rings (SSSR count). The zero-order valence-electron chi connectivity index (χ0n) is 16.3. The van der Waals surface area contributed by atoms with Crippen molar-refractivity contribution in [3.8, 4) is 0 Å². The van der Waals surface area contributed by atoms with Gasteiger partial charge in [0.1, 0.15) is 5.82 Å². The van der Waals surface area contributed by atoms with E-state index < -0.39 is 11.9 Å². The van der Waals surface area contributed by atoms with Gasteiger partial charge in [-0.05, 0) is 37.8 Å². The van der Waals surface area contributed by atoms with Crippen LogP contribution >= 0.6 is 0 Å². The third-order valence-electron chi connectivity index (χ3n) is 4.86. The highest BCUT2D eigenvalue weighted by Gasteiger charge is 2.34. The van der Waals surface area contributed by atoms with Crippen LogP contribution in [0.25, 0.3) is 0 Å². The number of halogens is 3. The Bertz CT molecular complexity index is 834. The van der Waals surface area contributed by atoms with E-state index in [4.69, 9.17) is 0 Å². The van der Waals surface area contributed by atoms with E-state index in [2.05, 4.69) is 20.6 Å². The fourth-order valence-electron chi connectivity index (χ4n) is 3.30. The first-order chi connectivity index (χ1) is 13.7. The lowest BCUT2D eigenvalue weighted by Gasteiger charge is -2.30. The fraction of sp³-hybridized carbons (Fsp3) is 0.450. The minimum atomic E-state index is -4.54. The van der Waals surface area contributed by atoms with Gasteiger partial charge in [0.15, 0.2) is 5.69 Å². The van der Waals surface area contributed by atoms with Crippen molar-refractivity contribution in [3.05, 3.63) is 47.7 Å². The van der Waals surface area contributed by atoms with Gasteiger partial charge in [0.05, 0.1) is 0 Å². The Hall–Kier alpha value is -2.84. The number of alkyl halides is 3. The van der Waals surface area contributed by atoms with Gasteiger partial charge in [-0.1, -0.05) is 18.2 Å². The van der Waals surface area contributed by atoms with Crippen molar-refractivity contribution in [2.45, 2.75) is 43.9 Å². The van der Waals surface area contributed by atoms with E-state index in [0.717, 1.165) is 31.7 Å². The predicted molar refractivity (Wildman–Crippen MR) is 105 cm³/mol.